The van der Waals surface area contributed by atoms with Crippen LogP contribution in [0.4, 0.5) is 0 Å². The third-order valence-electron chi connectivity index (χ3n) is 12.2. The molecule has 3 atom stereocenters. The highest BCUT2D eigenvalue weighted by molar-refractivity contribution is 5.55. The van der Waals surface area contributed by atoms with Gasteiger partial charge in [-0.2, -0.15) is 0 Å². The molecule has 9 heteroatoms. The topological polar surface area (TPSA) is 91.5 Å². The number of nitrogens with one attached hydrogen (secondary N) is 3. The Balaban J connectivity index is 1.18. The van der Waals surface area contributed by atoms with Crippen LogP contribution in [0.3, 0.4) is 0 Å². The van der Waals surface area contributed by atoms with Crippen LogP contribution in [0.25, 0.3) is 0 Å². The molecule has 3 heterocycles. The van der Waals surface area contributed by atoms with Crippen molar-refractivity contribution < 1.29 is 28.4 Å². The Morgan fingerprint density at radius 1 is 0.467 bits per heavy atom. The van der Waals surface area contributed by atoms with Crippen LogP contribution in [0, 0.1) is 5.92 Å². The fourth-order valence-corrected chi connectivity index (χ4v) is 9.76. The highest BCUT2D eigenvalue weighted by Gasteiger charge is 2.30. The molecule has 9 nitrogen and oxygen atoms in total. The molecule has 3 aliphatic rings. The molecule has 3 aromatic rings. The third-order valence-corrected chi connectivity index (χ3v) is 12.2. The van der Waals surface area contributed by atoms with Gasteiger partial charge in [0.2, 0.25) is 0 Å². The van der Waals surface area contributed by atoms with Crippen LogP contribution in [0.2, 0.25) is 0 Å². The van der Waals surface area contributed by atoms with Crippen molar-refractivity contribution in [3.05, 3.63) is 69.8 Å². The van der Waals surface area contributed by atoms with E-state index < -0.39 is 0 Å². The first kappa shape index (κ1) is 45.9. The first-order valence-electron chi connectivity index (χ1n) is 23.7. The Bertz CT molecular complexity index is 1720. The smallest absolute Gasteiger partial charge is 0.165 e. The van der Waals surface area contributed by atoms with Gasteiger partial charge in [-0.3, -0.25) is 0 Å². The molecule has 0 fully saturated rings. The van der Waals surface area contributed by atoms with Crippen LogP contribution < -0.4 is 44.4 Å². The summed E-state index contributed by atoms with van der Waals surface area (Å²) in [7, 11) is 0. The quantitative estimate of drug-likeness (QED) is 0.0808. The second kappa shape index (κ2) is 22.4. The maximum Gasteiger partial charge on any atom is 0.165 e. The zero-order chi connectivity index (χ0) is 42.6. The third kappa shape index (κ3) is 11.6. The maximum absolute atomic E-state index is 6.44. The van der Waals surface area contributed by atoms with Crippen molar-refractivity contribution in [3.63, 3.8) is 0 Å². The van der Waals surface area contributed by atoms with Crippen LogP contribution >= 0.6 is 0 Å². The van der Waals surface area contributed by atoms with Crippen molar-refractivity contribution in [1.82, 2.24) is 16.0 Å². The maximum atomic E-state index is 6.44. The number of benzene rings is 3. The number of rotatable bonds is 23. The molecule has 3 aromatic carbocycles. The van der Waals surface area contributed by atoms with Gasteiger partial charge >= 0.3 is 0 Å². The van der Waals surface area contributed by atoms with E-state index in [0.717, 1.165) is 92.7 Å². The van der Waals surface area contributed by atoms with Gasteiger partial charge in [-0.25, -0.2) is 0 Å². The number of fused-ring (bicyclic) bond motifs is 3. The highest BCUT2D eigenvalue weighted by atomic mass is 16.5. The Hall–Kier alpha value is -3.66. The van der Waals surface area contributed by atoms with Crippen LogP contribution in [-0.2, 0) is 19.3 Å². The van der Waals surface area contributed by atoms with Crippen molar-refractivity contribution in [2.45, 2.75) is 169 Å². The minimum Gasteiger partial charge on any atom is -0.490 e. The molecule has 332 valence electrons. The molecule has 0 saturated heterocycles. The summed E-state index contributed by atoms with van der Waals surface area (Å²) < 4.78 is 37.4. The number of ether oxygens (including phenoxy) is 6. The Kier molecular flexibility index (Phi) is 17.1. The van der Waals surface area contributed by atoms with Crippen molar-refractivity contribution in [1.29, 1.82) is 0 Å². The lowest BCUT2D eigenvalue weighted by Gasteiger charge is -2.32. The van der Waals surface area contributed by atoms with Gasteiger partial charge < -0.3 is 44.4 Å². The lowest BCUT2D eigenvalue weighted by molar-refractivity contribution is 0.219. The van der Waals surface area contributed by atoms with Crippen LogP contribution in [0.1, 0.15) is 165 Å². The van der Waals surface area contributed by atoms with E-state index in [9.17, 15) is 0 Å². The van der Waals surface area contributed by atoms with Crippen LogP contribution in [-0.4, -0.2) is 57.8 Å². The molecule has 0 amide bonds. The Labute approximate surface area is 362 Å². The molecule has 0 saturated carbocycles. The fraction of sp³-hybridized carbons (Fsp3) is 0.647. The van der Waals surface area contributed by atoms with Gasteiger partial charge in [0.15, 0.2) is 34.5 Å². The van der Waals surface area contributed by atoms with Gasteiger partial charge in [0, 0.05) is 34.8 Å². The van der Waals surface area contributed by atoms with Gasteiger partial charge in [-0.1, -0.05) is 37.5 Å². The Morgan fingerprint density at radius 3 is 1.15 bits per heavy atom. The summed E-state index contributed by atoms with van der Waals surface area (Å²) >= 11 is 0. The zero-order valence-corrected chi connectivity index (χ0v) is 38.5. The van der Waals surface area contributed by atoms with Gasteiger partial charge in [0.25, 0.3) is 0 Å². The minimum absolute atomic E-state index is 0.0889. The average molecular weight is 828 g/mol. The van der Waals surface area contributed by atoms with Gasteiger partial charge in [0.1, 0.15) is 0 Å². The lowest BCUT2D eigenvalue weighted by atomic mass is 9.83. The van der Waals surface area contributed by atoms with Gasteiger partial charge in [-0.15, -0.1) is 0 Å². The van der Waals surface area contributed by atoms with Crippen LogP contribution in [0.5, 0.6) is 34.5 Å². The molecule has 3 aliphatic heterocycles. The fourth-order valence-electron chi connectivity index (χ4n) is 9.76. The molecule has 3 N–H and O–H groups in total. The van der Waals surface area contributed by atoms with E-state index in [1.807, 2.05) is 20.8 Å². The first-order chi connectivity index (χ1) is 29.1. The van der Waals surface area contributed by atoms with Crippen molar-refractivity contribution >= 4 is 0 Å². The van der Waals surface area contributed by atoms with E-state index in [1.54, 1.807) is 0 Å². The SMILES string of the molecule is CCOc1ccc2c(c1OC(C)C)CCNC2CCCCC(CCC1NCCc2c1ccc(OCC)c2OC(C)C)CCC1NCCc2c1ccc(OCC)c2OC(C)C. The predicted molar refractivity (Wildman–Crippen MR) is 244 cm³/mol. The van der Waals surface area contributed by atoms with Crippen molar-refractivity contribution in [3.8, 4) is 34.5 Å². The highest BCUT2D eigenvalue weighted by Crippen LogP contribution is 2.44. The average Bonchev–Trinajstić information content (AvgIpc) is 3.22. The van der Waals surface area contributed by atoms with E-state index in [0.29, 0.717) is 43.9 Å². The zero-order valence-electron chi connectivity index (χ0n) is 38.5. The van der Waals surface area contributed by atoms with E-state index in [1.165, 1.54) is 65.5 Å². The van der Waals surface area contributed by atoms with Gasteiger partial charge in [0.05, 0.1) is 38.1 Å². The number of hydrogen-bond donors (Lipinski definition) is 3. The van der Waals surface area contributed by atoms with Crippen molar-refractivity contribution in [2.24, 2.45) is 5.92 Å². The lowest BCUT2D eigenvalue weighted by Crippen LogP contribution is -2.32. The first-order valence-corrected chi connectivity index (χ1v) is 23.7. The molecule has 0 radical (unpaired) electrons. The van der Waals surface area contributed by atoms with E-state index >= 15 is 0 Å². The number of hydrogen-bond acceptors (Lipinski definition) is 9. The molecule has 0 bridgehead atoms. The largest absolute Gasteiger partial charge is 0.490 e. The minimum atomic E-state index is 0.0889. The van der Waals surface area contributed by atoms with E-state index in [-0.39, 0.29) is 18.3 Å². The molecule has 0 spiro atoms. The van der Waals surface area contributed by atoms with Crippen molar-refractivity contribution in [2.75, 3.05) is 39.5 Å². The summed E-state index contributed by atoms with van der Waals surface area (Å²) in [6, 6.07) is 14.2. The predicted octanol–water partition coefficient (Wildman–Crippen LogP) is 10.9. The molecule has 6 rings (SSSR count). The summed E-state index contributed by atoms with van der Waals surface area (Å²) in [4.78, 5) is 0. The standard InChI is InChI=1S/C51H77N3O6/c1-10-55-46-24-19-37-40(49(46)58-33(4)5)27-30-52-43(37)16-14-13-15-36(17-22-44-38-20-25-47(56-11-2)50(59-34(6)7)41(38)28-31-53-44)18-23-45-39-21-26-48(57-12-3)51(60-35(8)9)42(39)29-32-54-45/h19-21,24-26,33-36,43-45,52-54H,10-18,22-23,27-32H2,1-9H3. The second-order valence-electron chi connectivity index (χ2n) is 17.8. The summed E-state index contributed by atoms with van der Waals surface area (Å²) in [5.74, 6) is 6.05. The van der Waals surface area contributed by atoms with E-state index in [2.05, 4.69) is 93.9 Å². The monoisotopic (exact) mass is 828 g/mol. The molecule has 0 aromatic heterocycles. The summed E-state index contributed by atoms with van der Waals surface area (Å²) in [6.07, 6.45) is 12.4. The number of unbranched alkanes of at least 4 members (excludes halogenated alkanes) is 1. The molecule has 3 unspecified atom stereocenters. The Morgan fingerprint density at radius 2 is 0.817 bits per heavy atom. The second-order valence-corrected chi connectivity index (χ2v) is 17.8. The summed E-state index contributed by atoms with van der Waals surface area (Å²) in [5.41, 5.74) is 8.09. The molecular formula is C51H77N3O6. The molecular weight excluding hydrogens is 751 g/mol. The van der Waals surface area contributed by atoms with E-state index in [4.69, 9.17) is 28.4 Å². The summed E-state index contributed by atoms with van der Waals surface area (Å²) in [5, 5.41) is 11.7. The normalized spacial score (nSPS) is 19.1. The summed E-state index contributed by atoms with van der Waals surface area (Å²) in [6.45, 7) is 23.5. The molecule has 60 heavy (non-hydrogen) atoms. The molecule has 0 aliphatic carbocycles. The van der Waals surface area contributed by atoms with Crippen LogP contribution in [0.15, 0.2) is 36.4 Å². The van der Waals surface area contributed by atoms with Gasteiger partial charge in [-0.05, 0) is 174 Å².